The predicted octanol–water partition coefficient (Wildman–Crippen LogP) is 6.91. The lowest BCUT2D eigenvalue weighted by Crippen LogP contribution is -2.35. The summed E-state index contributed by atoms with van der Waals surface area (Å²) in [6, 6.07) is 0.824. The third-order valence-electron chi connectivity index (χ3n) is 7.12. The van der Waals surface area contributed by atoms with Crippen molar-refractivity contribution in [2.45, 2.75) is 110 Å². The van der Waals surface area contributed by atoms with E-state index in [4.69, 9.17) is 0 Å². The zero-order valence-electron chi connectivity index (χ0n) is 17.2. The van der Waals surface area contributed by atoms with Crippen molar-refractivity contribution >= 4 is 0 Å². The Bertz CT molecular complexity index is 326. The highest BCUT2D eigenvalue weighted by Crippen LogP contribution is 2.31. The van der Waals surface area contributed by atoms with Gasteiger partial charge in [-0.1, -0.05) is 85.0 Å². The molecule has 0 N–H and O–H groups in total. The second-order valence-corrected chi connectivity index (χ2v) is 9.72. The molecule has 0 amide bonds. The summed E-state index contributed by atoms with van der Waals surface area (Å²) >= 11 is 0. The van der Waals surface area contributed by atoms with Gasteiger partial charge in [0.2, 0.25) is 0 Å². The fourth-order valence-corrected chi connectivity index (χ4v) is 5.20. The lowest BCUT2D eigenvalue weighted by atomic mass is 9.83. The van der Waals surface area contributed by atoms with Gasteiger partial charge in [0, 0.05) is 6.04 Å². The molecule has 1 saturated heterocycles. The summed E-state index contributed by atoms with van der Waals surface area (Å²) in [4.78, 5) is 2.73. The van der Waals surface area contributed by atoms with E-state index in [-0.39, 0.29) is 0 Å². The van der Waals surface area contributed by atoms with E-state index in [9.17, 15) is 0 Å². The molecule has 1 heterocycles. The Morgan fingerprint density at radius 3 is 2.00 bits per heavy atom. The van der Waals surface area contributed by atoms with Crippen molar-refractivity contribution in [1.29, 1.82) is 0 Å². The highest BCUT2D eigenvalue weighted by Gasteiger charge is 2.22. The van der Waals surface area contributed by atoms with Crippen LogP contribution >= 0.6 is 0 Å². The molecular formula is C23H45N. The van der Waals surface area contributed by atoms with Crippen molar-refractivity contribution < 1.29 is 0 Å². The second kappa shape index (κ2) is 10.8. The molecule has 2 fully saturated rings. The summed E-state index contributed by atoms with van der Waals surface area (Å²) in [6.07, 6.45) is 19.1. The smallest absolute Gasteiger partial charge is 0.00972 e. The number of fused-ring (bicyclic) bond motifs is 6. The minimum atomic E-state index is 0.824. The lowest BCUT2D eigenvalue weighted by Gasteiger charge is -2.33. The third-order valence-corrected chi connectivity index (χ3v) is 7.12. The summed E-state index contributed by atoms with van der Waals surface area (Å²) in [7, 11) is 2.41. The maximum atomic E-state index is 2.73. The Kier molecular flexibility index (Phi) is 9.16. The van der Waals surface area contributed by atoms with Crippen LogP contribution in [0.5, 0.6) is 0 Å². The van der Waals surface area contributed by atoms with Crippen molar-refractivity contribution in [2.75, 3.05) is 13.6 Å². The van der Waals surface area contributed by atoms with Crippen LogP contribution < -0.4 is 0 Å². The normalized spacial score (nSPS) is 39.2. The average Bonchev–Trinajstić information content (AvgIpc) is 2.55. The van der Waals surface area contributed by atoms with E-state index < -0.39 is 0 Å². The molecule has 4 unspecified atom stereocenters. The van der Waals surface area contributed by atoms with Crippen LogP contribution in [-0.4, -0.2) is 24.5 Å². The molecule has 5 atom stereocenters. The van der Waals surface area contributed by atoms with E-state index in [1.807, 2.05) is 0 Å². The van der Waals surface area contributed by atoms with Gasteiger partial charge in [0.05, 0.1) is 0 Å². The Labute approximate surface area is 153 Å². The fourth-order valence-electron chi connectivity index (χ4n) is 5.20. The van der Waals surface area contributed by atoms with Gasteiger partial charge in [0.15, 0.2) is 0 Å². The summed E-state index contributed by atoms with van der Waals surface area (Å²) in [5, 5.41) is 0. The molecule has 0 spiro atoms. The molecule has 0 aromatic carbocycles. The van der Waals surface area contributed by atoms with Crippen LogP contribution in [0.1, 0.15) is 104 Å². The molecule has 142 valence electrons. The van der Waals surface area contributed by atoms with E-state index in [0.717, 1.165) is 29.7 Å². The van der Waals surface area contributed by atoms with Crippen molar-refractivity contribution in [2.24, 2.45) is 23.7 Å². The van der Waals surface area contributed by atoms with E-state index >= 15 is 0 Å². The Hall–Kier alpha value is -0.0400. The molecule has 0 aromatic rings. The molecule has 0 aromatic heterocycles. The van der Waals surface area contributed by atoms with Crippen LogP contribution in [0, 0.1) is 23.7 Å². The number of nitrogens with zero attached hydrogens (tertiary/aromatic N) is 1. The number of hydrogen-bond acceptors (Lipinski definition) is 1. The van der Waals surface area contributed by atoms with Crippen LogP contribution in [0.3, 0.4) is 0 Å². The molecule has 1 nitrogen and oxygen atoms in total. The highest BCUT2D eigenvalue weighted by atomic mass is 15.1. The van der Waals surface area contributed by atoms with Crippen molar-refractivity contribution in [3.8, 4) is 0 Å². The van der Waals surface area contributed by atoms with Gasteiger partial charge in [-0.2, -0.15) is 0 Å². The van der Waals surface area contributed by atoms with Crippen molar-refractivity contribution in [3.05, 3.63) is 0 Å². The van der Waals surface area contributed by atoms with Crippen LogP contribution in [-0.2, 0) is 0 Å². The Morgan fingerprint density at radius 2 is 1.21 bits per heavy atom. The van der Waals surface area contributed by atoms with Gasteiger partial charge in [-0.3, -0.25) is 0 Å². The molecule has 2 rings (SSSR count). The molecule has 2 aliphatic rings. The van der Waals surface area contributed by atoms with E-state index in [0.29, 0.717) is 0 Å². The molecule has 24 heavy (non-hydrogen) atoms. The van der Waals surface area contributed by atoms with Gasteiger partial charge >= 0.3 is 0 Å². The van der Waals surface area contributed by atoms with E-state index in [1.54, 1.807) is 0 Å². The molecule has 0 radical (unpaired) electrons. The van der Waals surface area contributed by atoms with Crippen molar-refractivity contribution in [3.63, 3.8) is 0 Å². The number of rotatable bonds is 0. The maximum absolute atomic E-state index is 2.73. The molecule has 1 saturated carbocycles. The maximum Gasteiger partial charge on any atom is 0.00972 e. The Morgan fingerprint density at radius 1 is 0.583 bits per heavy atom. The summed E-state index contributed by atoms with van der Waals surface area (Å²) < 4.78 is 0. The first-order valence-electron chi connectivity index (χ1n) is 11.2. The topological polar surface area (TPSA) is 3.24 Å². The third kappa shape index (κ3) is 7.46. The van der Waals surface area contributed by atoms with Crippen LogP contribution in [0.2, 0.25) is 0 Å². The molecule has 2 bridgehead atoms. The van der Waals surface area contributed by atoms with E-state index in [1.165, 1.54) is 90.0 Å². The van der Waals surface area contributed by atoms with E-state index in [2.05, 4.69) is 32.7 Å². The van der Waals surface area contributed by atoms with Crippen LogP contribution in [0.4, 0.5) is 0 Å². The van der Waals surface area contributed by atoms with Crippen molar-refractivity contribution in [1.82, 2.24) is 4.90 Å². The summed E-state index contributed by atoms with van der Waals surface area (Å²) in [6.45, 7) is 8.88. The molecule has 1 heteroatoms. The predicted molar refractivity (Wildman–Crippen MR) is 107 cm³/mol. The minimum absolute atomic E-state index is 0.824. The zero-order valence-corrected chi connectivity index (χ0v) is 17.2. The summed E-state index contributed by atoms with van der Waals surface area (Å²) in [5.41, 5.74) is 0. The van der Waals surface area contributed by atoms with Gasteiger partial charge in [-0.05, 0) is 56.5 Å². The minimum Gasteiger partial charge on any atom is -0.303 e. The van der Waals surface area contributed by atoms with Gasteiger partial charge in [0.25, 0.3) is 0 Å². The molecular weight excluding hydrogens is 290 g/mol. The van der Waals surface area contributed by atoms with Gasteiger partial charge in [-0.15, -0.1) is 0 Å². The highest BCUT2D eigenvalue weighted by molar-refractivity contribution is 4.77. The number of hydrogen-bond donors (Lipinski definition) is 0. The fraction of sp³-hybridized carbons (Fsp3) is 1.00. The monoisotopic (exact) mass is 335 g/mol. The molecule has 1 aliphatic carbocycles. The standard InChI is InChI=1S/C23H45N/c1-19-12-13-21(3)18-23-17-20(2)9-8-11-22(15-14-19)10-6-5-7-16-24(23)4/h19-23H,5-18H2,1-4H3/t19?,20-,21?,22?,23?/m1/s1. The second-order valence-electron chi connectivity index (χ2n) is 9.72. The first kappa shape index (κ1) is 20.3. The van der Waals surface area contributed by atoms with Crippen LogP contribution in [0.15, 0.2) is 0 Å². The zero-order chi connectivity index (χ0) is 17.4. The van der Waals surface area contributed by atoms with Gasteiger partial charge in [-0.25, -0.2) is 0 Å². The largest absolute Gasteiger partial charge is 0.303 e. The summed E-state index contributed by atoms with van der Waals surface area (Å²) in [5.74, 6) is 3.77. The first-order valence-corrected chi connectivity index (χ1v) is 11.2. The van der Waals surface area contributed by atoms with Gasteiger partial charge in [0.1, 0.15) is 0 Å². The lowest BCUT2D eigenvalue weighted by molar-refractivity contribution is 0.169. The first-order chi connectivity index (χ1) is 11.5. The molecule has 1 aliphatic heterocycles. The SMILES string of the molecule is CC1CCC(C)CC2C[C@H](C)CCCC(CCCCCN2C)CC1. The quantitative estimate of drug-likeness (QED) is 0.465. The van der Waals surface area contributed by atoms with Gasteiger partial charge < -0.3 is 4.90 Å². The Balaban J connectivity index is 2.11. The van der Waals surface area contributed by atoms with Crippen LogP contribution in [0.25, 0.3) is 0 Å². The average molecular weight is 336 g/mol.